The van der Waals surface area contributed by atoms with Crippen LogP contribution in [0.2, 0.25) is 0 Å². The summed E-state index contributed by atoms with van der Waals surface area (Å²) in [6.07, 6.45) is 6.21. The number of alkyl halides is 1. The van der Waals surface area contributed by atoms with Crippen LogP contribution in [0.25, 0.3) is 0 Å². The van der Waals surface area contributed by atoms with Crippen LogP contribution in [0.5, 0.6) is 0 Å². The Kier molecular flexibility index (Phi) is 3.77. The highest BCUT2D eigenvalue weighted by Crippen LogP contribution is 2.38. The molecule has 1 aromatic rings. The van der Waals surface area contributed by atoms with Crippen molar-refractivity contribution in [3.63, 3.8) is 0 Å². The molecule has 0 amide bonds. The third kappa shape index (κ3) is 2.85. The molecule has 0 aromatic carbocycles. The molecule has 6 heteroatoms. The first-order chi connectivity index (χ1) is 9.49. The van der Waals surface area contributed by atoms with Gasteiger partial charge in [0.25, 0.3) is 0 Å². The Hall–Kier alpha value is -0.650. The highest BCUT2D eigenvalue weighted by atomic mass is 35.5. The molecule has 5 nitrogen and oxygen atoms in total. The van der Waals surface area contributed by atoms with Crippen molar-refractivity contribution in [3.05, 3.63) is 11.9 Å². The van der Waals surface area contributed by atoms with Crippen LogP contribution >= 0.6 is 11.6 Å². The van der Waals surface area contributed by atoms with E-state index in [9.17, 15) is 0 Å². The summed E-state index contributed by atoms with van der Waals surface area (Å²) < 4.78 is 8.10. The third-order valence-electron chi connectivity index (χ3n) is 4.48. The Morgan fingerprint density at radius 2 is 2.20 bits per heavy atom. The molecule has 1 spiro atoms. The van der Waals surface area contributed by atoms with Gasteiger partial charge in [0.2, 0.25) is 0 Å². The minimum atomic E-state index is -0.462. The molecule has 20 heavy (non-hydrogen) atoms. The Morgan fingerprint density at radius 1 is 1.45 bits per heavy atom. The van der Waals surface area contributed by atoms with E-state index in [1.54, 1.807) is 0 Å². The summed E-state index contributed by atoms with van der Waals surface area (Å²) in [7, 11) is 0. The number of nitrogens with zero attached hydrogens (tertiary/aromatic N) is 3. The van der Waals surface area contributed by atoms with E-state index in [2.05, 4.69) is 15.6 Å². The summed E-state index contributed by atoms with van der Waals surface area (Å²) in [6, 6.07) is 0.377. The van der Waals surface area contributed by atoms with Crippen molar-refractivity contribution in [1.82, 2.24) is 20.3 Å². The van der Waals surface area contributed by atoms with Gasteiger partial charge in [-0.3, -0.25) is 0 Å². The van der Waals surface area contributed by atoms with E-state index >= 15 is 0 Å². The summed E-state index contributed by atoms with van der Waals surface area (Å²) in [5.41, 5.74) is 0.876. The molecular formula is C14H23ClN4O. The van der Waals surface area contributed by atoms with Gasteiger partial charge in [0, 0.05) is 6.61 Å². The highest BCUT2D eigenvalue weighted by Gasteiger charge is 2.39. The minimum Gasteiger partial charge on any atom is -0.375 e. The molecule has 0 bridgehead atoms. The second kappa shape index (κ2) is 5.28. The third-order valence-corrected chi connectivity index (χ3v) is 4.67. The van der Waals surface area contributed by atoms with Gasteiger partial charge in [0.05, 0.1) is 22.7 Å². The van der Waals surface area contributed by atoms with Crippen LogP contribution in [0.15, 0.2) is 6.20 Å². The summed E-state index contributed by atoms with van der Waals surface area (Å²) in [4.78, 5) is -0.462. The fourth-order valence-corrected chi connectivity index (χ4v) is 3.27. The molecule has 2 aliphatic heterocycles. The van der Waals surface area contributed by atoms with Crippen molar-refractivity contribution in [2.75, 3.05) is 19.7 Å². The maximum absolute atomic E-state index is 6.30. The molecule has 2 saturated heterocycles. The molecular weight excluding hydrogens is 276 g/mol. The summed E-state index contributed by atoms with van der Waals surface area (Å²) in [6.45, 7) is 6.79. The lowest BCUT2D eigenvalue weighted by Gasteiger charge is -2.43. The van der Waals surface area contributed by atoms with E-state index in [1.165, 1.54) is 0 Å². The van der Waals surface area contributed by atoms with Gasteiger partial charge in [-0.2, -0.15) is 0 Å². The van der Waals surface area contributed by atoms with Crippen LogP contribution in [-0.2, 0) is 9.61 Å². The molecule has 1 unspecified atom stereocenters. The zero-order valence-electron chi connectivity index (χ0n) is 12.2. The van der Waals surface area contributed by atoms with Crippen molar-refractivity contribution in [2.24, 2.45) is 0 Å². The van der Waals surface area contributed by atoms with E-state index in [1.807, 2.05) is 24.7 Å². The summed E-state index contributed by atoms with van der Waals surface area (Å²) in [5.74, 6) is 0. The SMILES string of the molecule is CC(C)(Cl)c1cn(C2CCOC3(CCNCC3)C2)nn1. The van der Waals surface area contributed by atoms with Crippen LogP contribution < -0.4 is 5.32 Å². The average molecular weight is 299 g/mol. The van der Waals surface area contributed by atoms with Crippen molar-refractivity contribution < 1.29 is 4.74 Å². The maximum Gasteiger partial charge on any atom is 0.103 e. The number of piperidine rings is 1. The monoisotopic (exact) mass is 298 g/mol. The predicted octanol–water partition coefficient (Wildman–Crippen LogP) is 2.23. The van der Waals surface area contributed by atoms with E-state index in [4.69, 9.17) is 16.3 Å². The average Bonchev–Trinajstić information content (AvgIpc) is 2.89. The summed E-state index contributed by atoms with van der Waals surface area (Å²) in [5, 5.41) is 11.9. The zero-order valence-corrected chi connectivity index (χ0v) is 13.0. The van der Waals surface area contributed by atoms with Gasteiger partial charge >= 0.3 is 0 Å². The lowest BCUT2D eigenvalue weighted by Crippen LogP contribution is -2.48. The van der Waals surface area contributed by atoms with Gasteiger partial charge in [-0.25, -0.2) is 4.68 Å². The molecule has 1 aromatic heterocycles. The first-order valence-electron chi connectivity index (χ1n) is 7.44. The molecule has 2 fully saturated rings. The van der Waals surface area contributed by atoms with Crippen molar-refractivity contribution in [3.8, 4) is 0 Å². The van der Waals surface area contributed by atoms with Crippen LogP contribution in [0.3, 0.4) is 0 Å². The number of hydrogen-bond acceptors (Lipinski definition) is 4. The summed E-state index contributed by atoms with van der Waals surface area (Å²) >= 11 is 6.30. The van der Waals surface area contributed by atoms with Crippen LogP contribution in [-0.4, -0.2) is 40.3 Å². The van der Waals surface area contributed by atoms with Gasteiger partial charge in [-0.05, 0) is 52.6 Å². The van der Waals surface area contributed by atoms with Crippen molar-refractivity contribution in [1.29, 1.82) is 0 Å². The van der Waals surface area contributed by atoms with E-state index in [0.717, 1.165) is 51.1 Å². The van der Waals surface area contributed by atoms with E-state index < -0.39 is 4.87 Å². The first kappa shape index (κ1) is 14.3. The maximum atomic E-state index is 6.30. The normalized spacial score (nSPS) is 26.9. The Labute approximate surface area is 125 Å². The fraction of sp³-hybridized carbons (Fsp3) is 0.857. The minimum absolute atomic E-state index is 0.0385. The van der Waals surface area contributed by atoms with E-state index in [0.29, 0.717) is 6.04 Å². The lowest BCUT2D eigenvalue weighted by molar-refractivity contribution is -0.112. The van der Waals surface area contributed by atoms with Crippen LogP contribution in [0.4, 0.5) is 0 Å². The number of ether oxygens (including phenoxy) is 1. The number of aromatic nitrogens is 3. The number of rotatable bonds is 2. The first-order valence-corrected chi connectivity index (χ1v) is 7.82. The molecule has 3 heterocycles. The van der Waals surface area contributed by atoms with Crippen molar-refractivity contribution in [2.45, 2.75) is 56.0 Å². The van der Waals surface area contributed by atoms with Gasteiger partial charge < -0.3 is 10.1 Å². The zero-order chi connectivity index (χ0) is 14.2. The molecule has 1 atom stereocenters. The molecule has 2 aliphatic rings. The van der Waals surface area contributed by atoms with Crippen LogP contribution in [0.1, 0.15) is 51.3 Å². The van der Waals surface area contributed by atoms with Gasteiger partial charge in [0.1, 0.15) is 5.69 Å². The second-order valence-electron chi connectivity index (χ2n) is 6.48. The highest BCUT2D eigenvalue weighted by molar-refractivity contribution is 6.23. The van der Waals surface area contributed by atoms with Gasteiger partial charge in [-0.15, -0.1) is 16.7 Å². The molecule has 0 radical (unpaired) electrons. The van der Waals surface area contributed by atoms with E-state index in [-0.39, 0.29) is 5.60 Å². The number of halogens is 1. The van der Waals surface area contributed by atoms with Gasteiger partial charge in [0.15, 0.2) is 0 Å². The van der Waals surface area contributed by atoms with Crippen LogP contribution in [0, 0.1) is 0 Å². The number of nitrogens with one attached hydrogen (secondary N) is 1. The molecule has 0 saturated carbocycles. The van der Waals surface area contributed by atoms with Crippen molar-refractivity contribution >= 4 is 11.6 Å². The molecule has 1 N–H and O–H groups in total. The smallest absolute Gasteiger partial charge is 0.103 e. The largest absolute Gasteiger partial charge is 0.375 e. The second-order valence-corrected chi connectivity index (χ2v) is 7.43. The van der Waals surface area contributed by atoms with Gasteiger partial charge in [-0.1, -0.05) is 5.21 Å². The Morgan fingerprint density at radius 3 is 2.85 bits per heavy atom. The lowest BCUT2D eigenvalue weighted by atomic mass is 9.83. The molecule has 0 aliphatic carbocycles. The predicted molar refractivity (Wildman–Crippen MR) is 78.0 cm³/mol. The Balaban J connectivity index is 1.75. The molecule has 112 valence electrons. The quantitative estimate of drug-likeness (QED) is 0.851. The standard InChI is InChI=1S/C14H23ClN4O/c1-13(2,15)12-10-19(18-17-12)11-3-8-20-14(9-11)4-6-16-7-5-14/h10-11,16H,3-9H2,1-2H3. The topological polar surface area (TPSA) is 52.0 Å². The number of hydrogen-bond donors (Lipinski definition) is 1. The molecule has 3 rings (SSSR count). The Bertz CT molecular complexity index is 456. The fourth-order valence-electron chi connectivity index (χ4n) is 3.19.